The van der Waals surface area contributed by atoms with Gasteiger partial charge in [-0.3, -0.25) is 9.78 Å². The van der Waals surface area contributed by atoms with E-state index in [-0.39, 0.29) is 24.1 Å². The number of ether oxygens (including phenoxy) is 2. The fourth-order valence-electron chi connectivity index (χ4n) is 4.18. The quantitative estimate of drug-likeness (QED) is 0.778. The second-order valence-corrected chi connectivity index (χ2v) is 7.06. The maximum atomic E-state index is 13.0. The zero-order valence-corrected chi connectivity index (χ0v) is 15.2. The number of carbonyl (C=O) groups excluding carboxylic acids is 2. The van der Waals surface area contributed by atoms with E-state index in [1.54, 1.807) is 36.7 Å². The Labute approximate surface area is 158 Å². The van der Waals surface area contributed by atoms with E-state index in [9.17, 15) is 9.59 Å². The number of carbonyl (C=O) groups is 2. The lowest BCUT2D eigenvalue weighted by molar-refractivity contribution is 0.0358. The third-order valence-corrected chi connectivity index (χ3v) is 5.43. The number of fused-ring (bicyclic) bond motifs is 2. The van der Waals surface area contributed by atoms with Crippen LogP contribution in [-0.4, -0.2) is 47.1 Å². The van der Waals surface area contributed by atoms with Crippen molar-refractivity contribution in [3.8, 4) is 5.75 Å². The smallest absolute Gasteiger partial charge is 0.337 e. The third kappa shape index (κ3) is 3.52. The Balaban J connectivity index is 1.44. The van der Waals surface area contributed by atoms with Crippen LogP contribution in [0.4, 0.5) is 0 Å². The third-order valence-electron chi connectivity index (χ3n) is 5.43. The van der Waals surface area contributed by atoms with Crippen LogP contribution in [0.2, 0.25) is 0 Å². The number of hydrogen-bond acceptors (Lipinski definition) is 5. The summed E-state index contributed by atoms with van der Waals surface area (Å²) in [5.74, 6) is 0.456. The summed E-state index contributed by atoms with van der Waals surface area (Å²) in [5, 5.41) is 0. The van der Waals surface area contributed by atoms with E-state index >= 15 is 0 Å². The zero-order chi connectivity index (χ0) is 18.8. The predicted molar refractivity (Wildman–Crippen MR) is 98.6 cm³/mol. The lowest BCUT2D eigenvalue weighted by Gasteiger charge is -2.39. The van der Waals surface area contributed by atoms with E-state index in [1.165, 1.54) is 7.11 Å². The molecule has 0 spiro atoms. The Morgan fingerprint density at radius 3 is 2.15 bits per heavy atom. The number of esters is 1. The highest BCUT2D eigenvalue weighted by Crippen LogP contribution is 2.38. The minimum absolute atomic E-state index is 0.0290. The molecule has 0 radical (unpaired) electrons. The minimum Gasteiger partial charge on any atom is -0.490 e. The number of benzene rings is 1. The summed E-state index contributed by atoms with van der Waals surface area (Å²) in [6.45, 7) is 0. The maximum Gasteiger partial charge on any atom is 0.337 e. The molecule has 27 heavy (non-hydrogen) atoms. The van der Waals surface area contributed by atoms with Crippen molar-refractivity contribution < 1.29 is 19.1 Å². The van der Waals surface area contributed by atoms with Crippen molar-refractivity contribution in [1.29, 1.82) is 0 Å². The van der Waals surface area contributed by atoms with Crippen molar-refractivity contribution >= 4 is 11.9 Å². The summed E-state index contributed by atoms with van der Waals surface area (Å²) in [6, 6.07) is 10.8. The van der Waals surface area contributed by atoms with Crippen molar-refractivity contribution in [3.63, 3.8) is 0 Å². The van der Waals surface area contributed by atoms with Gasteiger partial charge in [0.05, 0.1) is 12.7 Å². The van der Waals surface area contributed by atoms with Crippen LogP contribution in [0.5, 0.6) is 5.75 Å². The molecule has 2 bridgehead atoms. The molecule has 2 fully saturated rings. The van der Waals surface area contributed by atoms with E-state index < -0.39 is 5.97 Å². The second-order valence-electron chi connectivity index (χ2n) is 7.06. The van der Waals surface area contributed by atoms with Crippen LogP contribution in [0, 0.1) is 0 Å². The molecule has 0 saturated carbocycles. The number of amides is 1. The fourth-order valence-corrected chi connectivity index (χ4v) is 4.18. The fraction of sp³-hybridized carbons (Fsp3) is 0.381. The number of pyridine rings is 1. The minimum atomic E-state index is -0.400. The molecule has 2 aliphatic rings. The first-order chi connectivity index (χ1) is 13.2. The lowest BCUT2D eigenvalue weighted by Crippen LogP contribution is -2.49. The number of hydrogen-bond donors (Lipinski definition) is 0. The number of methoxy groups -OCH3 is 1. The Kier molecular flexibility index (Phi) is 4.79. The van der Waals surface area contributed by atoms with Gasteiger partial charge >= 0.3 is 5.97 Å². The van der Waals surface area contributed by atoms with Gasteiger partial charge in [0, 0.05) is 42.9 Å². The van der Waals surface area contributed by atoms with Crippen molar-refractivity contribution in [1.82, 2.24) is 9.88 Å². The molecule has 4 rings (SSSR count). The zero-order valence-electron chi connectivity index (χ0n) is 15.2. The topological polar surface area (TPSA) is 68.7 Å². The molecular formula is C21H22N2O4. The molecule has 0 N–H and O–H groups in total. The molecule has 2 unspecified atom stereocenters. The van der Waals surface area contributed by atoms with Crippen LogP contribution in [0.1, 0.15) is 46.4 Å². The van der Waals surface area contributed by atoms with Crippen molar-refractivity contribution in [2.75, 3.05) is 7.11 Å². The van der Waals surface area contributed by atoms with Crippen molar-refractivity contribution in [2.24, 2.45) is 0 Å². The summed E-state index contributed by atoms with van der Waals surface area (Å²) in [4.78, 5) is 30.6. The monoisotopic (exact) mass is 366 g/mol. The molecule has 1 aromatic heterocycles. The molecular weight excluding hydrogens is 344 g/mol. The normalized spacial score (nSPS) is 23.7. The number of piperidine rings is 1. The Bertz CT molecular complexity index is 808. The van der Waals surface area contributed by atoms with Gasteiger partial charge in [-0.1, -0.05) is 0 Å². The highest BCUT2D eigenvalue weighted by molar-refractivity contribution is 5.96. The second kappa shape index (κ2) is 7.39. The number of rotatable bonds is 4. The van der Waals surface area contributed by atoms with Gasteiger partial charge < -0.3 is 14.4 Å². The van der Waals surface area contributed by atoms with Crippen molar-refractivity contribution in [2.45, 2.75) is 43.9 Å². The predicted octanol–water partition coefficient (Wildman–Crippen LogP) is 3.08. The Hall–Kier alpha value is -2.89. The maximum absolute atomic E-state index is 13.0. The van der Waals surface area contributed by atoms with E-state index in [2.05, 4.69) is 4.98 Å². The average Bonchev–Trinajstić information content (AvgIpc) is 2.98. The first-order valence-electron chi connectivity index (χ1n) is 9.23. The van der Waals surface area contributed by atoms with Gasteiger partial charge in [0.1, 0.15) is 11.9 Å². The van der Waals surface area contributed by atoms with Gasteiger partial charge in [-0.2, -0.15) is 0 Å². The van der Waals surface area contributed by atoms with Gasteiger partial charge in [-0.25, -0.2) is 4.79 Å². The van der Waals surface area contributed by atoms with Gasteiger partial charge in [-0.15, -0.1) is 0 Å². The van der Waals surface area contributed by atoms with E-state index in [1.807, 2.05) is 17.0 Å². The van der Waals surface area contributed by atoms with Crippen LogP contribution >= 0.6 is 0 Å². The first kappa shape index (κ1) is 17.5. The molecule has 3 heterocycles. The number of aromatic nitrogens is 1. The van der Waals surface area contributed by atoms with Crippen LogP contribution in [0.15, 0.2) is 48.8 Å². The number of nitrogens with zero attached hydrogens (tertiary/aromatic N) is 2. The van der Waals surface area contributed by atoms with E-state index in [0.717, 1.165) is 31.4 Å². The average molecular weight is 366 g/mol. The molecule has 2 aliphatic heterocycles. The lowest BCUT2D eigenvalue weighted by atomic mass is 9.98. The SMILES string of the molecule is COC(=O)c1ccc(C(=O)N2C3CCC2CC(Oc2ccncc2)C3)cc1. The van der Waals surface area contributed by atoms with Crippen LogP contribution in [-0.2, 0) is 4.74 Å². The van der Waals surface area contributed by atoms with Gasteiger partial charge in [0.25, 0.3) is 5.91 Å². The largest absolute Gasteiger partial charge is 0.490 e. The Morgan fingerprint density at radius 1 is 0.963 bits per heavy atom. The van der Waals surface area contributed by atoms with Crippen LogP contribution < -0.4 is 4.74 Å². The van der Waals surface area contributed by atoms with Gasteiger partial charge in [0.15, 0.2) is 0 Å². The highest BCUT2D eigenvalue weighted by atomic mass is 16.5. The molecule has 2 aromatic rings. The standard InChI is InChI=1S/C21H22N2O4/c1-26-21(25)15-4-2-14(3-5-15)20(24)23-16-6-7-17(23)13-19(12-16)27-18-8-10-22-11-9-18/h2-5,8-11,16-17,19H,6-7,12-13H2,1H3. The van der Waals surface area contributed by atoms with Gasteiger partial charge in [0.2, 0.25) is 0 Å². The van der Waals surface area contributed by atoms with Gasteiger partial charge in [-0.05, 0) is 49.2 Å². The molecule has 1 amide bonds. The van der Waals surface area contributed by atoms with E-state index in [4.69, 9.17) is 9.47 Å². The first-order valence-corrected chi connectivity index (χ1v) is 9.23. The molecule has 2 atom stereocenters. The Morgan fingerprint density at radius 2 is 1.56 bits per heavy atom. The molecule has 140 valence electrons. The van der Waals surface area contributed by atoms with Crippen LogP contribution in [0.25, 0.3) is 0 Å². The molecule has 1 aromatic carbocycles. The van der Waals surface area contributed by atoms with Crippen molar-refractivity contribution in [3.05, 3.63) is 59.9 Å². The highest BCUT2D eigenvalue weighted by Gasteiger charge is 2.44. The van der Waals surface area contributed by atoms with E-state index in [0.29, 0.717) is 11.1 Å². The molecule has 6 nitrogen and oxygen atoms in total. The molecule has 2 saturated heterocycles. The summed E-state index contributed by atoms with van der Waals surface area (Å²) >= 11 is 0. The summed E-state index contributed by atoms with van der Waals surface area (Å²) in [5.41, 5.74) is 1.05. The summed E-state index contributed by atoms with van der Waals surface area (Å²) < 4.78 is 10.8. The summed E-state index contributed by atoms with van der Waals surface area (Å²) in [6.07, 6.45) is 7.26. The van der Waals surface area contributed by atoms with Crippen LogP contribution in [0.3, 0.4) is 0 Å². The molecule has 6 heteroatoms. The summed E-state index contributed by atoms with van der Waals surface area (Å²) in [7, 11) is 1.34. The molecule has 0 aliphatic carbocycles.